The number of nitrogens with zero attached hydrogens (tertiary/aromatic N) is 1. The molecule has 25 heavy (non-hydrogen) atoms. The summed E-state index contributed by atoms with van der Waals surface area (Å²) >= 11 is 5.93. The van der Waals surface area contributed by atoms with Gasteiger partial charge >= 0.3 is 0 Å². The fourth-order valence-electron chi connectivity index (χ4n) is 2.51. The summed E-state index contributed by atoms with van der Waals surface area (Å²) in [6.45, 7) is 0.259. The van der Waals surface area contributed by atoms with Crippen LogP contribution in [0.5, 0.6) is 0 Å². The minimum absolute atomic E-state index is 0.157. The number of nitrogens with one attached hydrogen (secondary N) is 2. The van der Waals surface area contributed by atoms with E-state index in [1.807, 2.05) is 6.07 Å². The van der Waals surface area contributed by atoms with Crippen molar-refractivity contribution in [1.82, 2.24) is 14.7 Å². The Hall–Kier alpha value is -1.96. The van der Waals surface area contributed by atoms with Crippen LogP contribution in [0.15, 0.2) is 42.5 Å². The molecule has 3 aromatic rings. The average molecular weight is 382 g/mol. The van der Waals surface area contributed by atoms with Gasteiger partial charge in [-0.2, -0.15) is 0 Å². The summed E-state index contributed by atoms with van der Waals surface area (Å²) in [5.74, 6) is -0.123. The number of hydrogen-bond donors (Lipinski definition) is 2. The normalized spacial score (nSPS) is 11.9. The van der Waals surface area contributed by atoms with Crippen LogP contribution in [0.25, 0.3) is 11.0 Å². The Morgan fingerprint density at radius 1 is 1.20 bits per heavy atom. The topological polar surface area (TPSA) is 74.8 Å². The fourth-order valence-corrected chi connectivity index (χ4v) is 3.88. The van der Waals surface area contributed by atoms with Crippen molar-refractivity contribution in [2.45, 2.75) is 18.6 Å². The molecule has 8 heteroatoms. The molecule has 0 amide bonds. The Balaban J connectivity index is 1.52. The number of H-pyrrole nitrogens is 1. The van der Waals surface area contributed by atoms with Gasteiger partial charge in [-0.15, -0.1) is 0 Å². The highest BCUT2D eigenvalue weighted by Gasteiger charge is 2.13. The van der Waals surface area contributed by atoms with Crippen LogP contribution in [0.2, 0.25) is 5.02 Å². The van der Waals surface area contributed by atoms with Crippen LogP contribution in [-0.4, -0.2) is 24.9 Å². The van der Waals surface area contributed by atoms with Gasteiger partial charge in [0.15, 0.2) is 0 Å². The van der Waals surface area contributed by atoms with E-state index < -0.39 is 15.8 Å². The molecule has 132 valence electrons. The van der Waals surface area contributed by atoms with Gasteiger partial charge in [-0.3, -0.25) is 0 Å². The number of halogens is 2. The molecular formula is C17H17ClFN3O2S. The molecule has 3 rings (SSSR count). The van der Waals surface area contributed by atoms with E-state index in [1.54, 1.807) is 18.2 Å². The van der Waals surface area contributed by atoms with Gasteiger partial charge in [-0.05, 0) is 30.7 Å². The Kier molecular flexibility index (Phi) is 5.36. The number of imidazole rings is 1. The average Bonchev–Trinajstić information content (AvgIpc) is 2.95. The molecule has 0 aliphatic rings. The highest BCUT2D eigenvalue weighted by Crippen LogP contribution is 2.17. The Bertz CT molecular complexity index is 988. The van der Waals surface area contributed by atoms with Crippen molar-refractivity contribution in [1.29, 1.82) is 0 Å². The second kappa shape index (κ2) is 7.51. The molecule has 0 radical (unpaired) electrons. The second-order valence-electron chi connectivity index (χ2n) is 5.69. The molecule has 0 spiro atoms. The van der Waals surface area contributed by atoms with E-state index >= 15 is 0 Å². The zero-order valence-electron chi connectivity index (χ0n) is 13.3. The van der Waals surface area contributed by atoms with Crippen LogP contribution in [0.4, 0.5) is 4.39 Å². The molecule has 0 aliphatic heterocycles. The molecule has 0 bridgehead atoms. The van der Waals surface area contributed by atoms with Gasteiger partial charge in [0.2, 0.25) is 10.0 Å². The van der Waals surface area contributed by atoms with Crippen molar-refractivity contribution < 1.29 is 12.8 Å². The highest BCUT2D eigenvalue weighted by atomic mass is 35.5. The van der Waals surface area contributed by atoms with Gasteiger partial charge in [-0.1, -0.05) is 29.8 Å². The van der Waals surface area contributed by atoms with Gasteiger partial charge in [0.25, 0.3) is 0 Å². The smallest absolute Gasteiger partial charge is 0.215 e. The van der Waals surface area contributed by atoms with Crippen molar-refractivity contribution in [3.8, 4) is 0 Å². The summed E-state index contributed by atoms with van der Waals surface area (Å²) in [5, 5.41) is 0.628. The number of rotatable bonds is 7. The molecule has 0 fully saturated rings. The highest BCUT2D eigenvalue weighted by molar-refractivity contribution is 7.88. The lowest BCUT2D eigenvalue weighted by Crippen LogP contribution is -2.26. The number of aromatic amines is 1. The van der Waals surface area contributed by atoms with E-state index in [1.165, 1.54) is 18.2 Å². The van der Waals surface area contributed by atoms with E-state index in [9.17, 15) is 12.8 Å². The summed E-state index contributed by atoms with van der Waals surface area (Å²) < 4.78 is 40.1. The van der Waals surface area contributed by atoms with E-state index in [2.05, 4.69) is 14.7 Å². The van der Waals surface area contributed by atoms with E-state index in [4.69, 9.17) is 11.6 Å². The molecule has 0 atom stereocenters. The number of aryl methyl sites for hydroxylation is 1. The number of benzene rings is 2. The van der Waals surface area contributed by atoms with Crippen molar-refractivity contribution in [3.63, 3.8) is 0 Å². The van der Waals surface area contributed by atoms with Crippen LogP contribution in [-0.2, 0) is 22.2 Å². The molecule has 0 saturated carbocycles. The maximum Gasteiger partial charge on any atom is 0.215 e. The number of aromatic nitrogens is 2. The van der Waals surface area contributed by atoms with Crippen molar-refractivity contribution in [2.75, 3.05) is 6.54 Å². The van der Waals surface area contributed by atoms with E-state index in [0.717, 1.165) is 16.9 Å². The summed E-state index contributed by atoms with van der Waals surface area (Å²) in [5.41, 5.74) is 1.83. The predicted molar refractivity (Wildman–Crippen MR) is 96.5 cm³/mol. The lowest BCUT2D eigenvalue weighted by molar-refractivity contribution is 0.572. The fraction of sp³-hybridized carbons (Fsp3) is 0.235. The van der Waals surface area contributed by atoms with Crippen LogP contribution in [0.1, 0.15) is 17.8 Å². The third-order valence-corrected chi connectivity index (χ3v) is 5.28. The lowest BCUT2D eigenvalue weighted by Gasteiger charge is -2.07. The third-order valence-electron chi connectivity index (χ3n) is 3.71. The molecule has 2 aromatic carbocycles. The summed E-state index contributed by atoms with van der Waals surface area (Å²) in [6, 6.07) is 11.2. The first-order valence-corrected chi connectivity index (χ1v) is 9.81. The van der Waals surface area contributed by atoms with Crippen molar-refractivity contribution in [3.05, 3.63) is 64.7 Å². The first-order chi connectivity index (χ1) is 11.9. The van der Waals surface area contributed by atoms with Crippen LogP contribution in [0, 0.1) is 5.82 Å². The minimum Gasteiger partial charge on any atom is -0.342 e. The first-order valence-electron chi connectivity index (χ1n) is 7.78. The van der Waals surface area contributed by atoms with Gasteiger partial charge in [0, 0.05) is 23.6 Å². The number of hydrogen-bond acceptors (Lipinski definition) is 3. The SMILES string of the molecule is O=S(=O)(Cc1ccccc1F)NCCCc1nc2ccc(Cl)cc2[nH]1. The molecule has 0 aliphatic carbocycles. The molecule has 5 nitrogen and oxygen atoms in total. The Labute approximate surface area is 150 Å². The maximum atomic E-state index is 13.5. The Morgan fingerprint density at radius 2 is 2.00 bits per heavy atom. The number of fused-ring (bicyclic) bond motifs is 1. The summed E-state index contributed by atoms with van der Waals surface area (Å²) in [7, 11) is -3.58. The molecule has 0 unspecified atom stereocenters. The molecular weight excluding hydrogens is 365 g/mol. The third kappa shape index (κ3) is 4.78. The number of sulfonamides is 1. The van der Waals surface area contributed by atoms with E-state index in [0.29, 0.717) is 17.9 Å². The molecule has 0 saturated heterocycles. The minimum atomic E-state index is -3.58. The van der Waals surface area contributed by atoms with Crippen LogP contribution >= 0.6 is 11.6 Å². The second-order valence-corrected chi connectivity index (χ2v) is 7.94. The van der Waals surface area contributed by atoms with Crippen molar-refractivity contribution in [2.24, 2.45) is 0 Å². The molecule has 2 N–H and O–H groups in total. The quantitative estimate of drug-likeness (QED) is 0.616. The van der Waals surface area contributed by atoms with Crippen LogP contribution in [0.3, 0.4) is 0 Å². The lowest BCUT2D eigenvalue weighted by atomic mass is 10.2. The largest absolute Gasteiger partial charge is 0.342 e. The summed E-state index contributed by atoms with van der Waals surface area (Å²) in [6.07, 6.45) is 1.17. The van der Waals surface area contributed by atoms with Gasteiger partial charge in [0.1, 0.15) is 11.6 Å². The van der Waals surface area contributed by atoms with Crippen LogP contribution < -0.4 is 4.72 Å². The molecule has 1 aromatic heterocycles. The Morgan fingerprint density at radius 3 is 2.80 bits per heavy atom. The van der Waals surface area contributed by atoms with Gasteiger partial charge in [0.05, 0.1) is 16.8 Å². The van der Waals surface area contributed by atoms with E-state index in [-0.39, 0.29) is 17.9 Å². The maximum absolute atomic E-state index is 13.5. The standard InChI is InChI=1S/C17H17ClFN3O2S/c18-13-7-8-15-16(10-13)22-17(21-15)6-3-9-20-25(23,24)11-12-4-1-2-5-14(12)19/h1-2,4-5,7-8,10,20H,3,6,9,11H2,(H,21,22). The van der Waals surface area contributed by atoms with Gasteiger partial charge < -0.3 is 4.98 Å². The monoisotopic (exact) mass is 381 g/mol. The zero-order chi connectivity index (χ0) is 17.9. The zero-order valence-corrected chi connectivity index (χ0v) is 14.9. The van der Waals surface area contributed by atoms with Crippen molar-refractivity contribution >= 4 is 32.7 Å². The summed E-state index contributed by atoms with van der Waals surface area (Å²) in [4.78, 5) is 7.59. The predicted octanol–water partition coefficient (Wildman–Crippen LogP) is 3.41. The first kappa shape index (κ1) is 17.8. The molecule has 1 heterocycles. The van der Waals surface area contributed by atoms with Gasteiger partial charge in [-0.25, -0.2) is 22.5 Å².